The minimum absolute atomic E-state index is 0.0173. The van der Waals surface area contributed by atoms with Gasteiger partial charge in [0.05, 0.1) is 11.2 Å². The topological polar surface area (TPSA) is 34.9 Å². The lowest BCUT2D eigenvalue weighted by atomic mass is 10.1. The maximum atomic E-state index is 15.4. The Morgan fingerprint density at radius 1 is 1.04 bits per heavy atom. The van der Waals surface area contributed by atoms with Gasteiger partial charge in [-0.3, -0.25) is 9.36 Å². The Hall–Kier alpha value is -2.21. The third kappa shape index (κ3) is 2.92. The van der Waals surface area contributed by atoms with Gasteiger partial charge in [-0.1, -0.05) is 41.4 Å². The van der Waals surface area contributed by atoms with Gasteiger partial charge in [0, 0.05) is 15.6 Å². The van der Waals surface area contributed by atoms with Gasteiger partial charge in [0.25, 0.3) is 5.56 Å². The van der Waals surface area contributed by atoms with Crippen molar-refractivity contribution in [3.05, 3.63) is 91.8 Å². The van der Waals surface area contributed by atoms with E-state index in [4.69, 9.17) is 23.2 Å². The first kappa shape index (κ1) is 17.2. The van der Waals surface area contributed by atoms with Crippen LogP contribution in [0.1, 0.15) is 17.6 Å². The molecule has 2 heterocycles. The van der Waals surface area contributed by atoms with Crippen molar-refractivity contribution in [3.8, 4) is 5.69 Å². The number of alkyl halides is 1. The Balaban J connectivity index is 2.01. The van der Waals surface area contributed by atoms with Gasteiger partial charge in [-0.05, 0) is 41.8 Å². The number of hydrogen-bond acceptors (Lipinski definition) is 3. The largest absolute Gasteiger partial charge is 0.276 e. The predicted molar refractivity (Wildman–Crippen MR) is 105 cm³/mol. The lowest BCUT2D eigenvalue weighted by Gasteiger charge is -2.16. The van der Waals surface area contributed by atoms with Crippen LogP contribution >= 0.6 is 34.5 Å². The smallest absolute Gasteiger partial charge is 0.267 e. The van der Waals surface area contributed by atoms with Crippen LogP contribution in [0.4, 0.5) is 4.39 Å². The fourth-order valence-electron chi connectivity index (χ4n) is 2.76. The molecule has 0 aliphatic rings. The number of rotatable bonds is 3. The zero-order valence-corrected chi connectivity index (χ0v) is 15.5. The van der Waals surface area contributed by atoms with E-state index in [2.05, 4.69) is 4.98 Å². The summed E-state index contributed by atoms with van der Waals surface area (Å²) in [6.07, 6.45) is -1.66. The van der Waals surface area contributed by atoms with Gasteiger partial charge < -0.3 is 0 Å². The molecule has 2 aromatic heterocycles. The molecule has 0 amide bonds. The summed E-state index contributed by atoms with van der Waals surface area (Å²) in [6, 6.07) is 14.9. The van der Waals surface area contributed by atoms with Crippen LogP contribution in [0.2, 0.25) is 10.0 Å². The fourth-order valence-corrected chi connectivity index (χ4v) is 3.88. The second kappa shape index (κ2) is 6.83. The first-order chi connectivity index (χ1) is 12.6. The van der Waals surface area contributed by atoms with E-state index in [9.17, 15) is 4.79 Å². The standard InChI is InChI=1S/C19H11Cl2FN2OS/c20-11-5-7-12(8-6-11)24-18(16(22)13-3-1-2-4-14(13)21)23-15-9-10-26-17(15)19(24)25/h1-10,16H. The first-order valence-corrected chi connectivity index (χ1v) is 9.34. The van der Waals surface area contributed by atoms with Gasteiger partial charge in [0.15, 0.2) is 12.0 Å². The lowest BCUT2D eigenvalue weighted by molar-refractivity contribution is 0.377. The summed E-state index contributed by atoms with van der Waals surface area (Å²) in [6.45, 7) is 0. The van der Waals surface area contributed by atoms with E-state index < -0.39 is 6.17 Å². The maximum Gasteiger partial charge on any atom is 0.276 e. The second-order valence-electron chi connectivity index (χ2n) is 5.61. The molecule has 0 N–H and O–H groups in total. The van der Waals surface area contributed by atoms with E-state index in [-0.39, 0.29) is 22.0 Å². The Labute approximate surface area is 162 Å². The number of hydrogen-bond donors (Lipinski definition) is 0. The molecule has 0 aliphatic carbocycles. The van der Waals surface area contributed by atoms with E-state index in [0.29, 0.717) is 20.9 Å². The van der Waals surface area contributed by atoms with Crippen LogP contribution in [0.5, 0.6) is 0 Å². The normalized spacial score (nSPS) is 12.4. The van der Waals surface area contributed by atoms with Crippen LogP contribution in [-0.4, -0.2) is 9.55 Å². The minimum atomic E-state index is -1.66. The summed E-state index contributed by atoms with van der Waals surface area (Å²) in [5.41, 5.74) is 0.900. The van der Waals surface area contributed by atoms with E-state index in [1.165, 1.54) is 15.9 Å². The molecule has 3 nitrogen and oxygen atoms in total. The molecular formula is C19H11Cl2FN2OS. The highest BCUT2D eigenvalue weighted by Gasteiger charge is 2.24. The second-order valence-corrected chi connectivity index (χ2v) is 7.37. The number of halogens is 3. The highest BCUT2D eigenvalue weighted by molar-refractivity contribution is 7.17. The molecule has 2 aromatic carbocycles. The molecule has 130 valence electrons. The molecule has 0 saturated heterocycles. The van der Waals surface area contributed by atoms with Crippen molar-refractivity contribution in [2.75, 3.05) is 0 Å². The summed E-state index contributed by atoms with van der Waals surface area (Å²) < 4.78 is 17.2. The summed E-state index contributed by atoms with van der Waals surface area (Å²) in [5, 5.41) is 2.57. The molecule has 0 radical (unpaired) electrons. The van der Waals surface area contributed by atoms with Gasteiger partial charge in [0.1, 0.15) is 4.70 Å². The molecule has 0 saturated carbocycles. The van der Waals surface area contributed by atoms with Crippen LogP contribution in [0.25, 0.3) is 15.9 Å². The highest BCUT2D eigenvalue weighted by Crippen LogP contribution is 2.32. The SMILES string of the molecule is O=c1c2sccc2nc(C(F)c2ccccc2Cl)n1-c1ccc(Cl)cc1. The number of nitrogens with zero attached hydrogens (tertiary/aromatic N) is 2. The number of thiophene rings is 1. The molecule has 4 rings (SSSR count). The highest BCUT2D eigenvalue weighted by atomic mass is 35.5. The van der Waals surface area contributed by atoms with Crippen molar-refractivity contribution in [2.24, 2.45) is 0 Å². The van der Waals surface area contributed by atoms with Gasteiger partial charge in [-0.25, -0.2) is 9.37 Å². The van der Waals surface area contributed by atoms with Crippen LogP contribution in [0.15, 0.2) is 64.8 Å². The number of aromatic nitrogens is 2. The van der Waals surface area contributed by atoms with E-state index in [1.54, 1.807) is 60.0 Å². The van der Waals surface area contributed by atoms with Crippen molar-refractivity contribution >= 4 is 44.8 Å². The van der Waals surface area contributed by atoms with Crippen molar-refractivity contribution in [1.82, 2.24) is 9.55 Å². The number of benzene rings is 2. The van der Waals surface area contributed by atoms with Crippen LogP contribution in [-0.2, 0) is 0 Å². The third-order valence-electron chi connectivity index (χ3n) is 4.00. The summed E-state index contributed by atoms with van der Waals surface area (Å²) in [5.74, 6) is -0.0173. The molecule has 0 aliphatic heterocycles. The van der Waals surface area contributed by atoms with Crippen molar-refractivity contribution in [2.45, 2.75) is 6.17 Å². The molecule has 0 bridgehead atoms. The van der Waals surface area contributed by atoms with Gasteiger partial charge in [-0.15, -0.1) is 11.3 Å². The fraction of sp³-hybridized carbons (Fsp3) is 0.0526. The monoisotopic (exact) mass is 404 g/mol. The molecule has 4 aromatic rings. The van der Waals surface area contributed by atoms with Gasteiger partial charge in [0.2, 0.25) is 0 Å². The Kier molecular flexibility index (Phi) is 4.53. The molecule has 1 atom stereocenters. The first-order valence-electron chi connectivity index (χ1n) is 7.71. The molecular weight excluding hydrogens is 394 g/mol. The van der Waals surface area contributed by atoms with Gasteiger partial charge >= 0.3 is 0 Å². The predicted octanol–water partition coefficient (Wildman–Crippen LogP) is 5.81. The van der Waals surface area contributed by atoms with E-state index in [0.717, 1.165) is 0 Å². The Morgan fingerprint density at radius 2 is 1.77 bits per heavy atom. The minimum Gasteiger partial charge on any atom is -0.267 e. The zero-order valence-electron chi connectivity index (χ0n) is 13.2. The summed E-state index contributed by atoms with van der Waals surface area (Å²) >= 11 is 13.4. The Morgan fingerprint density at radius 3 is 2.50 bits per heavy atom. The summed E-state index contributed by atoms with van der Waals surface area (Å²) in [7, 11) is 0. The molecule has 0 spiro atoms. The average molecular weight is 405 g/mol. The quantitative estimate of drug-likeness (QED) is 0.431. The van der Waals surface area contributed by atoms with E-state index in [1.807, 2.05) is 0 Å². The molecule has 7 heteroatoms. The average Bonchev–Trinajstić information content (AvgIpc) is 3.11. The molecule has 26 heavy (non-hydrogen) atoms. The zero-order chi connectivity index (χ0) is 18.3. The van der Waals surface area contributed by atoms with Crippen molar-refractivity contribution < 1.29 is 4.39 Å². The Bertz CT molecular complexity index is 1150. The lowest BCUT2D eigenvalue weighted by Crippen LogP contribution is -2.24. The van der Waals surface area contributed by atoms with Crippen LogP contribution in [0, 0.1) is 0 Å². The van der Waals surface area contributed by atoms with E-state index >= 15 is 4.39 Å². The van der Waals surface area contributed by atoms with Gasteiger partial charge in [-0.2, -0.15) is 0 Å². The maximum absolute atomic E-state index is 15.4. The molecule has 0 fully saturated rings. The van der Waals surface area contributed by atoms with Crippen LogP contribution in [0.3, 0.4) is 0 Å². The van der Waals surface area contributed by atoms with Crippen molar-refractivity contribution in [3.63, 3.8) is 0 Å². The third-order valence-corrected chi connectivity index (χ3v) is 5.48. The number of fused-ring (bicyclic) bond motifs is 1. The van der Waals surface area contributed by atoms with Crippen molar-refractivity contribution in [1.29, 1.82) is 0 Å². The molecule has 1 unspecified atom stereocenters. The summed E-state index contributed by atoms with van der Waals surface area (Å²) in [4.78, 5) is 17.4. The van der Waals surface area contributed by atoms with Crippen LogP contribution < -0.4 is 5.56 Å².